The van der Waals surface area contributed by atoms with E-state index in [1.807, 2.05) is 30.6 Å². The zero-order valence-corrected chi connectivity index (χ0v) is 19.1. The zero-order chi connectivity index (χ0) is 24.4. The molecule has 1 amide bonds. The lowest BCUT2D eigenvalue weighted by atomic mass is 10.1. The Kier molecular flexibility index (Phi) is 9.39. The summed E-state index contributed by atoms with van der Waals surface area (Å²) < 4.78 is 17.1. The molecule has 0 aliphatic heterocycles. The van der Waals surface area contributed by atoms with Crippen molar-refractivity contribution in [2.75, 3.05) is 32.2 Å². The number of nitriles is 1. The molecule has 0 saturated carbocycles. The highest BCUT2D eigenvalue weighted by atomic mass is 16.5. The molecular formula is C24H27N3O6. The van der Waals surface area contributed by atoms with E-state index in [1.165, 1.54) is 18.2 Å². The van der Waals surface area contributed by atoms with Gasteiger partial charge >= 0.3 is 11.9 Å². The molecule has 0 spiro atoms. The molecule has 0 saturated heterocycles. The third kappa shape index (κ3) is 6.79. The Bertz CT molecular complexity index is 1090. The molecule has 2 aromatic rings. The van der Waals surface area contributed by atoms with Gasteiger partial charge in [-0.1, -0.05) is 12.1 Å². The van der Waals surface area contributed by atoms with Crippen molar-refractivity contribution in [3.8, 4) is 6.07 Å². The molecule has 33 heavy (non-hydrogen) atoms. The number of methoxy groups -OCH3 is 1. The molecule has 0 bridgehead atoms. The molecule has 1 aromatic carbocycles. The number of hydrogen-bond acceptors (Lipinski definition) is 7. The predicted molar refractivity (Wildman–Crippen MR) is 121 cm³/mol. The number of carbonyl (C=O) groups is 3. The predicted octanol–water partition coefficient (Wildman–Crippen LogP) is 3.02. The maximum atomic E-state index is 12.4. The number of nitrogens with zero attached hydrogens (tertiary/aromatic N) is 2. The fraction of sp³-hybridized carbons (Fsp3) is 0.333. The van der Waals surface area contributed by atoms with Crippen molar-refractivity contribution in [1.29, 1.82) is 5.26 Å². The second-order valence-electron chi connectivity index (χ2n) is 7.03. The first-order chi connectivity index (χ1) is 15.8. The van der Waals surface area contributed by atoms with E-state index in [4.69, 9.17) is 14.2 Å². The van der Waals surface area contributed by atoms with Gasteiger partial charge in [-0.15, -0.1) is 0 Å². The fourth-order valence-corrected chi connectivity index (χ4v) is 3.17. The smallest absolute Gasteiger partial charge is 0.349 e. The van der Waals surface area contributed by atoms with Crippen LogP contribution in [0, 0.1) is 25.2 Å². The summed E-state index contributed by atoms with van der Waals surface area (Å²) in [6.45, 7) is 6.21. The van der Waals surface area contributed by atoms with Gasteiger partial charge in [-0.2, -0.15) is 5.26 Å². The van der Waals surface area contributed by atoms with E-state index in [9.17, 15) is 19.6 Å². The van der Waals surface area contributed by atoms with Crippen LogP contribution < -0.4 is 5.32 Å². The quantitative estimate of drug-likeness (QED) is 0.334. The molecule has 9 heteroatoms. The topological polar surface area (TPSA) is 120 Å². The van der Waals surface area contributed by atoms with Crippen molar-refractivity contribution < 1.29 is 28.6 Å². The Morgan fingerprint density at radius 3 is 2.58 bits per heavy atom. The SMILES string of the molecule is CCOC(=O)c1ccccc1NC(=O)COC(=O)/C(C#N)=C/c1cc(C)n(CCOC)c1C. The van der Waals surface area contributed by atoms with Gasteiger partial charge in [0, 0.05) is 25.0 Å². The average molecular weight is 453 g/mol. The average Bonchev–Trinajstić information content (AvgIpc) is 3.06. The molecule has 1 heterocycles. The lowest BCUT2D eigenvalue weighted by Gasteiger charge is -2.10. The molecule has 2 rings (SSSR count). The van der Waals surface area contributed by atoms with E-state index in [2.05, 4.69) is 5.32 Å². The molecule has 0 aliphatic carbocycles. The molecule has 0 unspecified atom stereocenters. The van der Waals surface area contributed by atoms with Crippen LogP contribution >= 0.6 is 0 Å². The van der Waals surface area contributed by atoms with Crippen LogP contribution in [-0.4, -0.2) is 49.3 Å². The molecular weight excluding hydrogens is 426 g/mol. The van der Waals surface area contributed by atoms with Crippen LogP contribution in [-0.2, 0) is 30.3 Å². The van der Waals surface area contributed by atoms with Crippen LogP contribution in [0.15, 0.2) is 35.9 Å². The van der Waals surface area contributed by atoms with Crippen molar-refractivity contribution >= 4 is 29.6 Å². The van der Waals surface area contributed by atoms with Crippen molar-refractivity contribution in [3.63, 3.8) is 0 Å². The van der Waals surface area contributed by atoms with E-state index in [0.717, 1.165) is 11.4 Å². The number of carbonyl (C=O) groups excluding carboxylic acids is 3. The highest BCUT2D eigenvalue weighted by Gasteiger charge is 2.17. The maximum absolute atomic E-state index is 12.4. The molecule has 1 N–H and O–H groups in total. The van der Waals surface area contributed by atoms with Gasteiger partial charge in [0.25, 0.3) is 5.91 Å². The van der Waals surface area contributed by atoms with Gasteiger partial charge < -0.3 is 24.1 Å². The van der Waals surface area contributed by atoms with Gasteiger partial charge in [-0.3, -0.25) is 4.79 Å². The number of rotatable bonds is 10. The van der Waals surface area contributed by atoms with Crippen molar-refractivity contribution in [2.24, 2.45) is 0 Å². The number of aryl methyl sites for hydroxylation is 1. The van der Waals surface area contributed by atoms with Crippen LogP contribution in [0.3, 0.4) is 0 Å². The summed E-state index contributed by atoms with van der Waals surface area (Å²) in [5, 5.41) is 11.9. The molecule has 0 aliphatic rings. The van der Waals surface area contributed by atoms with Gasteiger partial charge in [0.15, 0.2) is 6.61 Å². The van der Waals surface area contributed by atoms with Gasteiger partial charge in [-0.05, 0) is 50.6 Å². The number of anilines is 1. The second-order valence-corrected chi connectivity index (χ2v) is 7.03. The van der Waals surface area contributed by atoms with Crippen LogP contribution in [0.2, 0.25) is 0 Å². The minimum Gasteiger partial charge on any atom is -0.462 e. The summed E-state index contributed by atoms with van der Waals surface area (Å²) in [5.41, 5.74) is 2.71. The summed E-state index contributed by atoms with van der Waals surface area (Å²) in [6.07, 6.45) is 1.43. The number of nitrogens with one attached hydrogen (secondary N) is 1. The van der Waals surface area contributed by atoms with Crippen molar-refractivity contribution in [2.45, 2.75) is 27.3 Å². The van der Waals surface area contributed by atoms with Crippen molar-refractivity contribution in [3.05, 3.63) is 58.4 Å². The summed E-state index contributed by atoms with van der Waals surface area (Å²) in [7, 11) is 1.62. The number of amides is 1. The number of hydrogen-bond donors (Lipinski definition) is 1. The fourth-order valence-electron chi connectivity index (χ4n) is 3.17. The molecule has 9 nitrogen and oxygen atoms in total. The van der Waals surface area contributed by atoms with E-state index >= 15 is 0 Å². The van der Waals surface area contributed by atoms with Crippen LogP contribution in [0.5, 0.6) is 0 Å². The highest BCUT2D eigenvalue weighted by Crippen LogP contribution is 2.19. The number of benzene rings is 1. The summed E-state index contributed by atoms with van der Waals surface area (Å²) in [4.78, 5) is 36.7. The molecule has 1 aromatic heterocycles. The van der Waals surface area contributed by atoms with Gasteiger partial charge in [0.1, 0.15) is 11.6 Å². The molecule has 0 radical (unpaired) electrons. The molecule has 174 valence electrons. The first kappa shape index (κ1) is 25.4. The van der Waals surface area contributed by atoms with Crippen molar-refractivity contribution in [1.82, 2.24) is 4.57 Å². The summed E-state index contributed by atoms with van der Waals surface area (Å²) in [6, 6.07) is 10.0. The van der Waals surface area contributed by atoms with E-state index in [0.29, 0.717) is 18.7 Å². The third-order valence-electron chi connectivity index (χ3n) is 4.80. The molecule has 0 fully saturated rings. The maximum Gasteiger partial charge on any atom is 0.349 e. The lowest BCUT2D eigenvalue weighted by molar-refractivity contribution is -0.142. The standard InChI is InChI=1S/C24H27N3O6/c1-5-32-24(30)20-8-6-7-9-21(20)26-22(28)15-33-23(29)19(14-25)13-18-12-16(2)27(17(18)3)10-11-31-4/h6-9,12-13H,5,10-11,15H2,1-4H3,(H,26,28)/b19-13+. The number of esters is 2. The van der Waals surface area contributed by atoms with Gasteiger partial charge in [-0.25, -0.2) is 9.59 Å². The second kappa shape index (κ2) is 12.2. The Labute approximate surface area is 192 Å². The van der Waals surface area contributed by atoms with E-state index in [1.54, 1.807) is 26.2 Å². The monoisotopic (exact) mass is 453 g/mol. The third-order valence-corrected chi connectivity index (χ3v) is 4.80. The summed E-state index contributed by atoms with van der Waals surface area (Å²) in [5.74, 6) is -2.16. The van der Waals surface area contributed by atoms with Gasteiger partial charge in [0.05, 0.1) is 24.5 Å². The minimum absolute atomic E-state index is 0.181. The number of aromatic nitrogens is 1. The zero-order valence-electron chi connectivity index (χ0n) is 19.1. The molecule has 0 atom stereocenters. The Morgan fingerprint density at radius 2 is 1.91 bits per heavy atom. The summed E-state index contributed by atoms with van der Waals surface area (Å²) >= 11 is 0. The van der Waals surface area contributed by atoms with E-state index < -0.39 is 24.5 Å². The van der Waals surface area contributed by atoms with Crippen LogP contribution in [0.1, 0.15) is 34.2 Å². The highest BCUT2D eigenvalue weighted by molar-refractivity contribution is 6.03. The largest absolute Gasteiger partial charge is 0.462 e. The Hall–Kier alpha value is -3.90. The lowest BCUT2D eigenvalue weighted by Crippen LogP contribution is -2.22. The normalized spacial score (nSPS) is 10.9. The van der Waals surface area contributed by atoms with E-state index in [-0.39, 0.29) is 23.4 Å². The Morgan fingerprint density at radius 1 is 1.18 bits per heavy atom. The van der Waals surface area contributed by atoms with Crippen LogP contribution in [0.25, 0.3) is 6.08 Å². The first-order valence-corrected chi connectivity index (χ1v) is 10.3. The van der Waals surface area contributed by atoms with Crippen LogP contribution in [0.4, 0.5) is 5.69 Å². The Balaban J connectivity index is 2.06. The van der Waals surface area contributed by atoms with Gasteiger partial charge in [0.2, 0.25) is 0 Å². The minimum atomic E-state index is -0.923. The number of para-hydroxylation sites is 1. The first-order valence-electron chi connectivity index (χ1n) is 10.3. The number of ether oxygens (including phenoxy) is 3.